The molecule has 47 heavy (non-hydrogen) atoms. The van der Waals surface area contributed by atoms with E-state index in [9.17, 15) is 18.7 Å². The normalized spacial score (nSPS) is 16.7. The summed E-state index contributed by atoms with van der Waals surface area (Å²) in [5.74, 6) is -1.03. The SMILES string of the molecule is CCCc1cnc(N2CCC(Oc3nc4ccc(C5=CC(S(O)(O)C=CC(C)(C)OC(=O)CCC(=O)O)=NCC5)cc4s3)CC2)nc1. The van der Waals surface area contributed by atoms with Crippen molar-refractivity contribution in [1.82, 2.24) is 15.0 Å². The zero-order chi connectivity index (χ0) is 33.6. The summed E-state index contributed by atoms with van der Waals surface area (Å²) < 4.78 is 34.5. The Labute approximate surface area is 279 Å². The Morgan fingerprint density at radius 2 is 1.89 bits per heavy atom. The molecule has 3 N–H and O–H groups in total. The van der Waals surface area contributed by atoms with Crippen LogP contribution < -0.4 is 9.64 Å². The van der Waals surface area contributed by atoms with Gasteiger partial charge in [-0.3, -0.25) is 23.7 Å². The van der Waals surface area contributed by atoms with Gasteiger partial charge in [-0.25, -0.2) is 15.0 Å². The van der Waals surface area contributed by atoms with E-state index in [-0.39, 0.29) is 24.0 Å². The van der Waals surface area contributed by atoms with Crippen molar-refractivity contribution >= 4 is 60.6 Å². The third-order valence-electron chi connectivity index (χ3n) is 7.80. The minimum atomic E-state index is -3.43. The summed E-state index contributed by atoms with van der Waals surface area (Å²) >= 11 is 1.49. The second kappa shape index (κ2) is 14.9. The number of aliphatic carboxylic acids is 1. The molecule has 1 aromatic carbocycles. The van der Waals surface area contributed by atoms with Crippen LogP contribution in [0.4, 0.5) is 5.95 Å². The molecule has 2 aromatic heterocycles. The third kappa shape index (κ3) is 9.37. The van der Waals surface area contributed by atoms with E-state index in [1.165, 1.54) is 22.8 Å². The molecule has 2 aliphatic rings. The quantitative estimate of drug-likeness (QED) is 0.173. The predicted octanol–water partition coefficient (Wildman–Crippen LogP) is 6.72. The minimum absolute atomic E-state index is 0.0574. The van der Waals surface area contributed by atoms with Gasteiger partial charge in [-0.2, -0.15) is 0 Å². The number of benzene rings is 1. The van der Waals surface area contributed by atoms with Gasteiger partial charge in [0.25, 0.3) is 5.19 Å². The lowest BCUT2D eigenvalue weighted by atomic mass is 10.0. The number of aryl methyl sites for hydroxylation is 1. The summed E-state index contributed by atoms with van der Waals surface area (Å²) in [7, 11) is -3.43. The molecule has 0 atom stereocenters. The van der Waals surface area contributed by atoms with Gasteiger partial charge in [0.2, 0.25) is 5.95 Å². The number of anilines is 1. The van der Waals surface area contributed by atoms with Crippen LogP contribution in [0, 0.1) is 0 Å². The number of aliphatic imine (C=N–C) groups is 1. The molecule has 0 radical (unpaired) electrons. The first-order chi connectivity index (χ1) is 22.4. The van der Waals surface area contributed by atoms with Gasteiger partial charge in [0.1, 0.15) is 16.7 Å². The predicted molar refractivity (Wildman–Crippen MR) is 185 cm³/mol. The van der Waals surface area contributed by atoms with Crippen LogP contribution in [-0.2, 0) is 20.7 Å². The van der Waals surface area contributed by atoms with Crippen LogP contribution in [0.1, 0.15) is 70.4 Å². The molecule has 0 unspecified atom stereocenters. The first-order valence-electron chi connectivity index (χ1n) is 15.7. The van der Waals surface area contributed by atoms with E-state index >= 15 is 0 Å². The fourth-order valence-corrected chi connectivity index (χ4v) is 7.45. The lowest BCUT2D eigenvalue weighted by Gasteiger charge is -2.32. The molecule has 4 heterocycles. The third-order valence-corrected chi connectivity index (χ3v) is 10.1. The summed E-state index contributed by atoms with van der Waals surface area (Å²) in [6.07, 6.45) is 10.7. The molecule has 0 amide bonds. The maximum atomic E-state index is 12.0. The van der Waals surface area contributed by atoms with Crippen LogP contribution in [0.25, 0.3) is 15.8 Å². The van der Waals surface area contributed by atoms with Crippen LogP contribution in [0.15, 0.2) is 53.1 Å². The number of thiazole rings is 1. The van der Waals surface area contributed by atoms with Crippen LogP contribution in [0.2, 0.25) is 0 Å². The number of fused-ring (bicyclic) bond motifs is 1. The minimum Gasteiger partial charge on any atom is -0.481 e. The van der Waals surface area contributed by atoms with Crippen molar-refractivity contribution in [3.63, 3.8) is 0 Å². The standard InChI is InChI=1S/C33H41N5O7S2/c1-4-5-22-20-35-31(36-21-22)38-15-11-25(12-16-38)44-32-37-26-7-6-23(18-27(26)46-32)24-10-14-34-28(19-24)47(42,43)17-13-33(2,3)45-30(41)9-8-29(39)40/h6-7,13,17-21,25,42-43H,4-5,8-12,14-16H2,1-3H3,(H,39,40). The number of esters is 1. The van der Waals surface area contributed by atoms with Gasteiger partial charge in [-0.1, -0.05) is 30.7 Å². The molecule has 0 bridgehead atoms. The van der Waals surface area contributed by atoms with Crippen molar-refractivity contribution in [3.8, 4) is 5.19 Å². The molecule has 12 nitrogen and oxygen atoms in total. The van der Waals surface area contributed by atoms with E-state index < -0.39 is 28.1 Å². The molecule has 0 spiro atoms. The molecule has 14 heteroatoms. The Bertz CT molecular complexity index is 1680. The number of carboxylic acids is 1. The zero-order valence-corrected chi connectivity index (χ0v) is 28.4. The van der Waals surface area contributed by atoms with Crippen molar-refractivity contribution in [1.29, 1.82) is 0 Å². The van der Waals surface area contributed by atoms with Gasteiger partial charge in [0.15, 0.2) is 0 Å². The first kappa shape index (κ1) is 34.5. The summed E-state index contributed by atoms with van der Waals surface area (Å²) in [5, 5.41) is 10.7. The molecule has 1 saturated heterocycles. The van der Waals surface area contributed by atoms with Crippen LogP contribution in [-0.4, -0.2) is 77.5 Å². The number of piperidine rings is 1. The maximum absolute atomic E-state index is 12.0. The Kier molecular flexibility index (Phi) is 11.0. The molecule has 5 rings (SSSR count). The number of dihydropyridines is 1. The van der Waals surface area contributed by atoms with Gasteiger partial charge >= 0.3 is 11.9 Å². The smallest absolute Gasteiger partial charge is 0.307 e. The monoisotopic (exact) mass is 683 g/mol. The number of hydrogen-bond acceptors (Lipinski definition) is 12. The van der Waals surface area contributed by atoms with Crippen LogP contribution in [0.5, 0.6) is 5.19 Å². The lowest BCUT2D eigenvalue weighted by molar-refractivity contribution is -0.155. The topological polar surface area (TPSA) is 168 Å². The van der Waals surface area contributed by atoms with Gasteiger partial charge in [0.05, 0.1) is 23.1 Å². The molecule has 0 aliphatic carbocycles. The summed E-state index contributed by atoms with van der Waals surface area (Å²) in [6, 6.07) is 5.95. The highest BCUT2D eigenvalue weighted by Crippen LogP contribution is 2.46. The Morgan fingerprint density at radius 3 is 2.60 bits per heavy atom. The number of rotatable bonds is 12. The largest absolute Gasteiger partial charge is 0.481 e. The lowest BCUT2D eigenvalue weighted by Crippen LogP contribution is -2.39. The molecule has 2 aliphatic heterocycles. The number of ether oxygens (including phenoxy) is 2. The maximum Gasteiger partial charge on any atom is 0.307 e. The van der Waals surface area contributed by atoms with Crippen molar-refractivity contribution in [2.24, 2.45) is 4.99 Å². The number of aromatic nitrogens is 3. The average molecular weight is 684 g/mol. The van der Waals surface area contributed by atoms with E-state index in [0.717, 1.165) is 71.6 Å². The van der Waals surface area contributed by atoms with Crippen molar-refractivity contribution in [2.75, 3.05) is 24.5 Å². The van der Waals surface area contributed by atoms with E-state index in [0.29, 0.717) is 18.2 Å². The molecule has 252 valence electrons. The summed E-state index contributed by atoms with van der Waals surface area (Å²) in [4.78, 5) is 43.1. The van der Waals surface area contributed by atoms with Gasteiger partial charge < -0.3 is 19.5 Å². The number of carbonyl (C=O) groups excluding carboxylic acids is 1. The van der Waals surface area contributed by atoms with E-state index in [4.69, 9.17) is 19.6 Å². The highest BCUT2D eigenvalue weighted by molar-refractivity contribution is 8.39. The van der Waals surface area contributed by atoms with Crippen LogP contribution in [0.3, 0.4) is 0 Å². The first-order valence-corrected chi connectivity index (χ1v) is 18.1. The number of nitrogens with zero attached hydrogens (tertiary/aromatic N) is 5. The molecular formula is C33H41N5O7S2. The summed E-state index contributed by atoms with van der Waals surface area (Å²) in [6.45, 7) is 7.32. The van der Waals surface area contributed by atoms with Crippen molar-refractivity contribution < 1.29 is 33.3 Å². The van der Waals surface area contributed by atoms with Crippen LogP contribution >= 0.6 is 21.9 Å². The highest BCUT2D eigenvalue weighted by atomic mass is 32.3. The second-order valence-electron chi connectivity index (χ2n) is 12.1. The second-order valence-corrected chi connectivity index (χ2v) is 15.0. The Morgan fingerprint density at radius 1 is 1.15 bits per heavy atom. The van der Waals surface area contributed by atoms with Crippen molar-refractivity contribution in [3.05, 3.63) is 59.3 Å². The zero-order valence-electron chi connectivity index (χ0n) is 26.8. The Hall–Kier alpha value is -3.85. The number of hydrogen-bond donors (Lipinski definition) is 3. The average Bonchev–Trinajstić information content (AvgIpc) is 3.45. The van der Waals surface area contributed by atoms with E-state index in [1.807, 2.05) is 30.6 Å². The highest BCUT2D eigenvalue weighted by Gasteiger charge is 2.26. The van der Waals surface area contributed by atoms with Gasteiger partial charge in [-0.05, 0) is 67.7 Å². The Balaban J connectivity index is 1.20. The van der Waals surface area contributed by atoms with E-state index in [2.05, 4.69) is 26.8 Å². The van der Waals surface area contributed by atoms with Crippen molar-refractivity contribution in [2.45, 2.75) is 77.4 Å². The van der Waals surface area contributed by atoms with Gasteiger partial charge in [0, 0.05) is 50.3 Å². The van der Waals surface area contributed by atoms with E-state index in [1.54, 1.807) is 19.9 Å². The fraction of sp³-hybridized carbons (Fsp3) is 0.455. The summed E-state index contributed by atoms with van der Waals surface area (Å²) in [5.41, 5.74) is 2.67. The fourth-order valence-electron chi connectivity index (χ4n) is 5.28. The number of carboxylic acid groups (broad SMARTS) is 1. The molecule has 3 aromatic rings. The van der Waals surface area contributed by atoms with Gasteiger partial charge in [-0.15, -0.1) is 10.6 Å². The number of carbonyl (C=O) groups is 2. The molecule has 1 fully saturated rings. The molecule has 0 saturated carbocycles. The molecular weight excluding hydrogens is 643 g/mol.